The van der Waals surface area contributed by atoms with E-state index in [2.05, 4.69) is 90.4 Å². The van der Waals surface area contributed by atoms with E-state index in [4.69, 9.17) is 29.2 Å². The number of nitrogens with one attached hydrogen (secondary N) is 6. The lowest BCUT2D eigenvalue weighted by molar-refractivity contribution is -0.757. The van der Waals surface area contributed by atoms with Gasteiger partial charge < -0.3 is 79.2 Å². The van der Waals surface area contributed by atoms with Gasteiger partial charge in [-0.25, -0.2) is 71.7 Å². The van der Waals surface area contributed by atoms with Gasteiger partial charge in [0.15, 0.2) is 45.4 Å². The van der Waals surface area contributed by atoms with Crippen LogP contribution >= 0.6 is 0 Å². The Bertz CT molecular complexity index is 7490. The predicted octanol–water partition coefficient (Wildman–Crippen LogP) is 5.47. The lowest BCUT2D eigenvalue weighted by Gasteiger charge is -2.43. The largest absolute Gasteiger partial charge is 0.493 e. The van der Waals surface area contributed by atoms with Crippen LogP contribution in [0.25, 0.3) is 67.6 Å². The average molecular weight is 2140 g/mol. The fourth-order valence-corrected chi connectivity index (χ4v) is 23.7. The SMILES string of the molecule is CCCc1nc(C)c2c(=O)[nH]c(-c3cc(S(=O)(=O)N4CC(N(C)CCCCO)C4)ccc3OCC)nn12.CCCc1nc(C)c2c(=O)[nH]c(-c3cc(S(=O)(=O)N4CC(N(C)CCCO)C4)ccc3OCC)nn12.CCCc1nc(C)c2c(=O)[nH]c(-c3cc(S(=O)(=O)N4CC(NCCCO[N+](=O)[O-])C4)ccc3OCC)nn12.CCCc1nc(C)c2c(=O)[nH]c(-c3cc(S(=O)(=O)N4CC(NCCO[N+](=O)[O-])C4)ccc3OCC)nn12. The number of rotatable bonds is 48. The number of unbranched alkanes of at least 4 members (excludes halogenated alkanes) is 1. The van der Waals surface area contributed by atoms with E-state index < -0.39 is 50.3 Å². The number of imidazole rings is 4. The van der Waals surface area contributed by atoms with E-state index in [9.17, 15) is 73.1 Å². The predicted molar refractivity (Wildman–Crippen MR) is 546 cm³/mol. The molecule has 0 spiro atoms. The molecule has 12 heterocycles. The Morgan fingerprint density at radius 1 is 0.385 bits per heavy atom. The molecule has 0 saturated carbocycles. The second kappa shape index (κ2) is 49.6. The third kappa shape index (κ3) is 25.4. The van der Waals surface area contributed by atoms with Gasteiger partial charge in [0, 0.05) is 129 Å². The summed E-state index contributed by atoms with van der Waals surface area (Å²) in [7, 11) is -11.3. The normalized spacial score (nSPS) is 14.8. The van der Waals surface area contributed by atoms with Gasteiger partial charge in [-0.1, -0.05) is 27.7 Å². The number of hydrogen-bond donors (Lipinski definition) is 8. The van der Waals surface area contributed by atoms with E-state index in [1.54, 1.807) is 67.9 Å². The molecule has 4 aliphatic heterocycles. The number of aromatic nitrogens is 16. The zero-order chi connectivity index (χ0) is 107. The monoisotopic (exact) mass is 2130 g/mol. The van der Waals surface area contributed by atoms with Crippen molar-refractivity contribution < 1.29 is 82.7 Å². The van der Waals surface area contributed by atoms with E-state index in [0.717, 1.165) is 45.1 Å². The molecule has 54 heteroatoms. The Labute approximate surface area is 854 Å². The first-order valence-electron chi connectivity index (χ1n) is 49.4. The van der Waals surface area contributed by atoms with Crippen LogP contribution in [0.15, 0.2) is 112 Å². The molecule has 4 fully saturated rings. The van der Waals surface area contributed by atoms with Gasteiger partial charge in [0.2, 0.25) is 40.1 Å². The summed E-state index contributed by atoms with van der Waals surface area (Å²) in [6.45, 7) is 28.6. The van der Waals surface area contributed by atoms with Crippen LogP contribution in [0.3, 0.4) is 0 Å². The Morgan fingerprint density at radius 2 is 0.649 bits per heavy atom. The second-order valence-electron chi connectivity index (χ2n) is 35.9. The summed E-state index contributed by atoms with van der Waals surface area (Å²) in [4.78, 5) is 114. The van der Waals surface area contributed by atoms with Gasteiger partial charge in [-0.2, -0.15) is 17.2 Å². The highest BCUT2D eigenvalue weighted by Gasteiger charge is 2.43. The van der Waals surface area contributed by atoms with Gasteiger partial charge >= 0.3 is 0 Å². The first-order chi connectivity index (χ1) is 70.7. The quantitative estimate of drug-likeness (QED) is 0.0133. The molecule has 12 aromatic rings. The minimum Gasteiger partial charge on any atom is -0.493 e. The fourth-order valence-electron chi connectivity index (χ4n) is 17.5. The molecular formula is C94H130N26O24S4. The number of benzene rings is 4. The minimum atomic E-state index is -3.85. The summed E-state index contributed by atoms with van der Waals surface area (Å²) in [5, 5.41) is 61.4. The van der Waals surface area contributed by atoms with Crippen molar-refractivity contribution in [3.63, 3.8) is 0 Å². The summed E-state index contributed by atoms with van der Waals surface area (Å²) < 4.78 is 142. The van der Waals surface area contributed by atoms with Crippen LogP contribution in [0, 0.1) is 47.9 Å². The molecule has 0 unspecified atom stereocenters. The molecule has 4 aromatic carbocycles. The molecule has 0 amide bonds. The Hall–Kier alpha value is -12.7. The van der Waals surface area contributed by atoms with Gasteiger partial charge in [0.1, 0.15) is 52.9 Å². The molecule has 0 atom stereocenters. The number of nitrogens with zero attached hydrogens (tertiary/aromatic N) is 20. The molecule has 50 nitrogen and oxygen atoms in total. The van der Waals surface area contributed by atoms with Gasteiger partial charge in [-0.3, -0.25) is 19.2 Å². The van der Waals surface area contributed by atoms with Crippen molar-refractivity contribution in [2.24, 2.45) is 0 Å². The molecule has 0 aliphatic carbocycles. The smallest absolute Gasteiger partial charge is 0.294 e. The van der Waals surface area contributed by atoms with E-state index >= 15 is 0 Å². The van der Waals surface area contributed by atoms with Crippen molar-refractivity contribution in [2.45, 2.75) is 204 Å². The minimum absolute atomic E-state index is 0.0236. The average Bonchev–Trinajstić information content (AvgIpc) is 1.35. The lowest BCUT2D eigenvalue weighted by atomic mass is 10.1. The molecule has 148 heavy (non-hydrogen) atoms. The Kier molecular flexibility index (Phi) is 37.7. The highest BCUT2D eigenvalue weighted by molar-refractivity contribution is 7.90. The topological polar surface area (TPSA) is 614 Å². The number of aryl methyl sites for hydroxylation is 8. The number of aliphatic hydroxyl groups excluding tert-OH is 2. The van der Waals surface area contributed by atoms with Crippen molar-refractivity contribution in [3.05, 3.63) is 181 Å². The maximum atomic E-state index is 13.4. The number of fused-ring (bicyclic) bond motifs is 4. The third-order valence-corrected chi connectivity index (χ3v) is 32.6. The standard InChI is InChI=1S/C25H36N6O5S.C24H34N6O5S.C23H31N7O7S.C22H29N7O7S/c1-5-9-22-26-17(3)23-25(33)27-24(28-31(22)23)20-14-19(10-11-21(20)36-6-2)37(34,35)30-15-18(16-30)29(4)12-7-8-13-32;1-5-8-21-25-16(3)22-24(32)26-23(27-30(21)22)19-13-18(9-10-20(19)35-6-2)36(33,34)29-14-17(15-29)28(4)11-7-12-31;1-4-7-20-25-15(3)21-23(31)26-22(27-29(20)21)18-12-17(8-9-19(18)36-5-2)38(34,35)28-13-16(14-28)24-10-6-11-37-30(32)33;1-4-6-19-24-14(3)20-22(30)25-21(26-28(19)20)17-11-16(7-8-18(17)35-5-2)37(33,34)27-12-15(13-27)23-9-10-36-29(31)32/h10-11,14,18,32H,5-9,12-13,15-16H2,1-4H3,(H,27,28,33);9-10,13,17,31H,5-8,11-12,14-15H2,1-4H3,(H,26,27,32);8-9,12,16,24H,4-7,10-11,13-14H2,1-3H3,(H,26,27,31);7-8,11,15,23H,4-6,9-10,12-13H2,1-3H3,(H,25,26,30). The summed E-state index contributed by atoms with van der Waals surface area (Å²) >= 11 is 0. The number of aliphatic hydroxyl groups is 2. The number of aromatic amines is 4. The summed E-state index contributed by atoms with van der Waals surface area (Å²) in [6, 6.07) is 18.3. The van der Waals surface area contributed by atoms with Crippen molar-refractivity contribution in [1.29, 1.82) is 0 Å². The molecule has 16 rings (SSSR count). The summed E-state index contributed by atoms with van der Waals surface area (Å²) in [5.74, 6) is 5.07. The van der Waals surface area contributed by atoms with Crippen LogP contribution in [0.1, 0.15) is 153 Å². The van der Waals surface area contributed by atoms with Crippen molar-refractivity contribution in [2.75, 3.05) is 145 Å². The van der Waals surface area contributed by atoms with E-state index in [-0.39, 0.29) is 148 Å². The molecule has 4 aliphatic rings. The van der Waals surface area contributed by atoms with Gasteiger partial charge in [0.25, 0.3) is 32.4 Å². The molecule has 8 aromatic heterocycles. The Morgan fingerprint density at radius 3 is 0.912 bits per heavy atom. The van der Waals surface area contributed by atoms with Crippen LogP contribution < -0.4 is 51.8 Å². The number of sulfonamides is 4. The number of H-pyrrole nitrogens is 4. The number of ether oxygens (including phenoxy) is 4. The number of likely N-dealkylation sites (N-methyl/N-ethyl adjacent to an activating group) is 2. The zero-order valence-corrected chi connectivity index (χ0v) is 88.6. The maximum Gasteiger partial charge on any atom is 0.294 e. The van der Waals surface area contributed by atoms with Gasteiger partial charge in [0.05, 0.1) is 97.6 Å². The molecule has 4 saturated heterocycles. The van der Waals surface area contributed by atoms with Crippen LogP contribution in [0.5, 0.6) is 23.0 Å². The van der Waals surface area contributed by atoms with E-state index in [1.165, 1.54) is 74.8 Å². The van der Waals surface area contributed by atoms with Crippen LogP contribution in [0.4, 0.5) is 0 Å². The van der Waals surface area contributed by atoms with Crippen molar-refractivity contribution >= 4 is 62.2 Å². The van der Waals surface area contributed by atoms with Gasteiger partial charge in [-0.15, -0.1) is 40.6 Å². The third-order valence-electron chi connectivity index (χ3n) is 25.3. The highest BCUT2D eigenvalue weighted by atomic mass is 32.2. The van der Waals surface area contributed by atoms with Crippen LogP contribution in [0.2, 0.25) is 0 Å². The first-order valence-corrected chi connectivity index (χ1v) is 55.2. The first kappa shape index (κ1) is 112. The van der Waals surface area contributed by atoms with Crippen molar-refractivity contribution in [1.82, 2.24) is 116 Å². The van der Waals surface area contributed by atoms with Gasteiger partial charge in [-0.05, 0) is 207 Å². The molecule has 0 radical (unpaired) electrons. The maximum absolute atomic E-state index is 13.4. The molecule has 0 bridgehead atoms. The lowest BCUT2D eigenvalue weighted by Crippen LogP contribution is -2.60. The zero-order valence-electron chi connectivity index (χ0n) is 85.3. The molecule has 8 N–H and O–H groups in total. The van der Waals surface area contributed by atoms with Crippen LogP contribution in [-0.4, -0.2) is 329 Å². The Balaban J connectivity index is 0.000000165. The number of hydrogen-bond acceptors (Lipinski definition) is 36. The summed E-state index contributed by atoms with van der Waals surface area (Å²) in [6.07, 6.45) is 8.55. The fraction of sp³-hybridized carbons (Fsp3) is 0.532. The van der Waals surface area contributed by atoms with E-state index in [0.29, 0.717) is 218 Å². The van der Waals surface area contributed by atoms with Crippen molar-refractivity contribution in [3.8, 4) is 68.5 Å². The van der Waals surface area contributed by atoms with Crippen LogP contribution in [-0.2, 0) is 75.5 Å². The second-order valence-corrected chi connectivity index (χ2v) is 43.7. The summed E-state index contributed by atoms with van der Waals surface area (Å²) in [5.41, 5.74) is 3.80. The molecule has 804 valence electrons. The highest BCUT2D eigenvalue weighted by Crippen LogP contribution is 2.39. The van der Waals surface area contributed by atoms with E-state index in [1.807, 2.05) is 62.6 Å². The molecular weight excluding hydrogens is 2010 g/mol.